The molecule has 20 heavy (non-hydrogen) atoms. The molecule has 1 aromatic rings. The van der Waals surface area contributed by atoms with E-state index in [1.165, 1.54) is 0 Å². The van der Waals surface area contributed by atoms with Crippen LogP contribution in [0.25, 0.3) is 0 Å². The van der Waals surface area contributed by atoms with Crippen molar-refractivity contribution in [3.8, 4) is 0 Å². The van der Waals surface area contributed by atoms with Crippen molar-refractivity contribution in [2.24, 2.45) is 0 Å². The number of hydrogen-bond donors (Lipinski definition) is 0. The molecule has 0 bridgehead atoms. The molecule has 2 aliphatic heterocycles. The second-order valence-electron chi connectivity index (χ2n) is 5.70. The summed E-state index contributed by atoms with van der Waals surface area (Å²) >= 11 is 0. The minimum atomic E-state index is 0.334. The molecule has 3 rings (SSSR count). The minimum absolute atomic E-state index is 0.334. The maximum Gasteiger partial charge on any atom is 0.240 e. The predicted octanol–water partition coefficient (Wildman–Crippen LogP) is 1.54. The fourth-order valence-electron chi connectivity index (χ4n) is 2.95. The molecule has 0 amide bonds. The van der Waals surface area contributed by atoms with Crippen LogP contribution in [0.4, 0.5) is 0 Å². The van der Waals surface area contributed by atoms with Gasteiger partial charge in [0, 0.05) is 26.3 Å². The Balaban J connectivity index is 1.58. The predicted molar refractivity (Wildman–Crippen MR) is 72.3 cm³/mol. The Morgan fingerprint density at radius 2 is 1.75 bits per heavy atom. The van der Waals surface area contributed by atoms with Gasteiger partial charge in [0.1, 0.15) is 0 Å². The molecule has 0 aliphatic carbocycles. The largest absolute Gasteiger partial charge is 0.377 e. The van der Waals surface area contributed by atoms with Gasteiger partial charge in [0.2, 0.25) is 5.89 Å². The smallest absolute Gasteiger partial charge is 0.240 e. The molecule has 0 radical (unpaired) electrons. The van der Waals surface area contributed by atoms with Crippen molar-refractivity contribution in [1.82, 2.24) is 15.0 Å². The van der Waals surface area contributed by atoms with Crippen LogP contribution in [0.2, 0.25) is 0 Å². The summed E-state index contributed by atoms with van der Waals surface area (Å²) in [5, 5.41) is 3.86. The summed E-state index contributed by atoms with van der Waals surface area (Å²) in [6, 6.07) is 0. The Labute approximate surface area is 119 Å². The summed E-state index contributed by atoms with van der Waals surface area (Å²) in [5.74, 6) is 1.37. The van der Waals surface area contributed by atoms with Crippen LogP contribution in [0, 0.1) is 6.92 Å². The lowest BCUT2D eigenvalue weighted by atomic mass is 10.2. The summed E-state index contributed by atoms with van der Waals surface area (Å²) in [7, 11) is 0. The van der Waals surface area contributed by atoms with Crippen molar-refractivity contribution in [1.29, 1.82) is 0 Å². The first kappa shape index (κ1) is 14.0. The van der Waals surface area contributed by atoms with Gasteiger partial charge in [-0.3, -0.25) is 4.90 Å². The van der Waals surface area contributed by atoms with E-state index in [9.17, 15) is 0 Å². The molecule has 3 heterocycles. The summed E-state index contributed by atoms with van der Waals surface area (Å²) in [4.78, 5) is 6.63. The summed E-state index contributed by atoms with van der Waals surface area (Å²) in [5.41, 5.74) is 0. The van der Waals surface area contributed by atoms with Crippen molar-refractivity contribution in [2.45, 2.75) is 51.4 Å². The van der Waals surface area contributed by atoms with Gasteiger partial charge in [-0.1, -0.05) is 5.16 Å². The summed E-state index contributed by atoms with van der Waals surface area (Å²) < 4.78 is 16.7. The molecule has 6 heteroatoms. The van der Waals surface area contributed by atoms with Crippen LogP contribution in [0.5, 0.6) is 0 Å². The molecule has 0 saturated carbocycles. The lowest BCUT2D eigenvalue weighted by molar-refractivity contribution is 0.0309. The van der Waals surface area contributed by atoms with Crippen LogP contribution in [0.1, 0.15) is 37.4 Å². The Morgan fingerprint density at radius 1 is 1.10 bits per heavy atom. The zero-order chi connectivity index (χ0) is 13.8. The molecule has 2 aliphatic rings. The zero-order valence-corrected chi connectivity index (χ0v) is 12.1. The van der Waals surface area contributed by atoms with Crippen LogP contribution < -0.4 is 0 Å². The Bertz CT molecular complexity index is 394. The van der Waals surface area contributed by atoms with Crippen molar-refractivity contribution in [2.75, 3.05) is 26.3 Å². The number of aryl methyl sites for hydroxylation is 1. The van der Waals surface area contributed by atoms with Gasteiger partial charge in [0.25, 0.3) is 0 Å². The highest BCUT2D eigenvalue weighted by Crippen LogP contribution is 2.18. The van der Waals surface area contributed by atoms with E-state index in [0.29, 0.717) is 30.5 Å². The van der Waals surface area contributed by atoms with E-state index in [2.05, 4.69) is 15.0 Å². The van der Waals surface area contributed by atoms with Gasteiger partial charge in [-0.2, -0.15) is 4.98 Å². The minimum Gasteiger partial charge on any atom is -0.377 e. The molecule has 2 atom stereocenters. The van der Waals surface area contributed by atoms with Crippen LogP contribution in [0.3, 0.4) is 0 Å². The molecule has 2 fully saturated rings. The molecule has 2 saturated heterocycles. The van der Waals surface area contributed by atoms with E-state index >= 15 is 0 Å². The zero-order valence-electron chi connectivity index (χ0n) is 12.1. The molecular weight excluding hydrogens is 258 g/mol. The van der Waals surface area contributed by atoms with Crippen LogP contribution >= 0.6 is 0 Å². The quantitative estimate of drug-likeness (QED) is 0.788. The molecule has 6 nitrogen and oxygen atoms in total. The normalized spacial score (nSPS) is 26.7. The van der Waals surface area contributed by atoms with Crippen molar-refractivity contribution in [3.05, 3.63) is 11.7 Å². The average Bonchev–Trinajstić information content (AvgIpc) is 3.13. The van der Waals surface area contributed by atoms with Crippen LogP contribution in [0.15, 0.2) is 4.52 Å². The first-order valence-corrected chi connectivity index (χ1v) is 7.54. The second kappa shape index (κ2) is 6.65. The first-order valence-electron chi connectivity index (χ1n) is 7.54. The second-order valence-corrected chi connectivity index (χ2v) is 5.70. The molecule has 1 aromatic heterocycles. The highest BCUT2D eigenvalue weighted by molar-refractivity contribution is 4.85. The van der Waals surface area contributed by atoms with Gasteiger partial charge in [0.05, 0.1) is 18.8 Å². The lowest BCUT2D eigenvalue weighted by Crippen LogP contribution is -2.37. The highest BCUT2D eigenvalue weighted by atomic mass is 16.5. The van der Waals surface area contributed by atoms with Gasteiger partial charge in [-0.05, 0) is 32.6 Å². The van der Waals surface area contributed by atoms with Crippen molar-refractivity contribution in [3.63, 3.8) is 0 Å². The van der Waals surface area contributed by atoms with Gasteiger partial charge in [-0.15, -0.1) is 0 Å². The third kappa shape index (κ3) is 3.77. The van der Waals surface area contributed by atoms with E-state index in [1.807, 2.05) is 6.92 Å². The van der Waals surface area contributed by atoms with Crippen LogP contribution in [-0.4, -0.2) is 53.6 Å². The Morgan fingerprint density at radius 3 is 2.20 bits per heavy atom. The van der Waals surface area contributed by atoms with E-state index in [-0.39, 0.29) is 0 Å². The fraction of sp³-hybridized carbons (Fsp3) is 0.857. The van der Waals surface area contributed by atoms with Crippen molar-refractivity contribution < 1.29 is 14.0 Å². The van der Waals surface area contributed by atoms with Gasteiger partial charge >= 0.3 is 0 Å². The van der Waals surface area contributed by atoms with E-state index < -0.39 is 0 Å². The lowest BCUT2D eigenvalue weighted by Gasteiger charge is -2.26. The van der Waals surface area contributed by atoms with Gasteiger partial charge < -0.3 is 14.0 Å². The van der Waals surface area contributed by atoms with E-state index in [4.69, 9.17) is 14.0 Å². The van der Waals surface area contributed by atoms with Gasteiger partial charge in [0.15, 0.2) is 5.82 Å². The average molecular weight is 281 g/mol. The highest BCUT2D eigenvalue weighted by Gasteiger charge is 2.25. The summed E-state index contributed by atoms with van der Waals surface area (Å²) in [6.07, 6.45) is 5.28. The van der Waals surface area contributed by atoms with Gasteiger partial charge in [-0.25, -0.2) is 0 Å². The third-order valence-electron chi connectivity index (χ3n) is 3.90. The number of rotatable bonds is 6. The summed E-state index contributed by atoms with van der Waals surface area (Å²) in [6.45, 7) is 6.14. The van der Waals surface area contributed by atoms with E-state index in [0.717, 1.165) is 52.0 Å². The van der Waals surface area contributed by atoms with Crippen LogP contribution in [-0.2, 0) is 16.0 Å². The topological polar surface area (TPSA) is 60.6 Å². The number of hydrogen-bond acceptors (Lipinski definition) is 6. The number of nitrogens with zero attached hydrogens (tertiary/aromatic N) is 3. The molecule has 0 spiro atoms. The van der Waals surface area contributed by atoms with E-state index in [1.54, 1.807) is 0 Å². The van der Waals surface area contributed by atoms with Crippen molar-refractivity contribution >= 4 is 0 Å². The molecule has 0 aromatic carbocycles. The Hall–Kier alpha value is -0.980. The molecule has 112 valence electrons. The maximum atomic E-state index is 5.74. The molecule has 2 unspecified atom stereocenters. The first-order chi connectivity index (χ1) is 9.79. The Kier molecular flexibility index (Phi) is 4.65. The molecular formula is C14H23N3O3. The number of aromatic nitrogens is 2. The maximum absolute atomic E-state index is 5.74. The molecule has 0 N–H and O–H groups in total. The standard InChI is InChI=1S/C14H23N3O3/c1-11-15-14(20-16-11)10-17(8-12-4-2-6-18-12)9-13-5-3-7-19-13/h12-13H,2-10H2,1H3. The fourth-order valence-corrected chi connectivity index (χ4v) is 2.95. The third-order valence-corrected chi connectivity index (χ3v) is 3.90. The SMILES string of the molecule is Cc1noc(CN(CC2CCCO2)CC2CCCO2)n1. The number of ether oxygens (including phenoxy) is 2. The monoisotopic (exact) mass is 281 g/mol.